The first-order valence-electron chi connectivity index (χ1n) is 12.7. The number of aryl methyl sites for hydroxylation is 1. The van der Waals surface area contributed by atoms with Crippen LogP contribution in [0.5, 0.6) is 5.75 Å². The molecule has 0 aliphatic carbocycles. The topological polar surface area (TPSA) is 92.4 Å². The first-order valence-corrected chi connectivity index (χ1v) is 12.7. The molecule has 35 heavy (non-hydrogen) atoms. The minimum atomic E-state index is 0.265. The van der Waals surface area contributed by atoms with Crippen molar-refractivity contribution in [1.82, 2.24) is 24.7 Å². The van der Waals surface area contributed by atoms with Crippen molar-refractivity contribution in [2.75, 3.05) is 49.2 Å². The molecule has 2 saturated heterocycles. The number of ether oxygens (including phenoxy) is 1. The van der Waals surface area contributed by atoms with Crippen LogP contribution >= 0.6 is 0 Å². The summed E-state index contributed by atoms with van der Waals surface area (Å²) in [5, 5.41) is 17.8. The molecule has 2 fully saturated rings. The SMILES string of the molecule is CCOc1ccc(-c2nc(N3CCC(CO)CC3)cc(N3CCC(n4cnnc4C)CC3)n2)cc1. The predicted molar refractivity (Wildman–Crippen MR) is 136 cm³/mol. The van der Waals surface area contributed by atoms with Gasteiger partial charge < -0.3 is 24.2 Å². The Labute approximate surface area is 206 Å². The average molecular weight is 478 g/mol. The molecule has 1 aromatic carbocycles. The largest absolute Gasteiger partial charge is 0.494 e. The van der Waals surface area contributed by atoms with E-state index in [-0.39, 0.29) is 6.61 Å². The fraction of sp³-hybridized carbons (Fsp3) is 0.538. The fourth-order valence-electron chi connectivity index (χ4n) is 5.12. The van der Waals surface area contributed by atoms with Gasteiger partial charge in [-0.05, 0) is 69.7 Å². The Morgan fingerprint density at radius 2 is 1.57 bits per heavy atom. The smallest absolute Gasteiger partial charge is 0.163 e. The van der Waals surface area contributed by atoms with Gasteiger partial charge in [0.15, 0.2) is 5.82 Å². The van der Waals surface area contributed by atoms with Gasteiger partial charge in [-0.25, -0.2) is 9.97 Å². The van der Waals surface area contributed by atoms with E-state index in [0.717, 1.165) is 86.5 Å². The number of aromatic nitrogens is 5. The van der Waals surface area contributed by atoms with Crippen LogP contribution in [0.15, 0.2) is 36.7 Å². The number of piperidine rings is 2. The number of rotatable bonds is 7. The van der Waals surface area contributed by atoms with Crippen LogP contribution in [0.2, 0.25) is 0 Å². The standard InChI is InChI=1S/C26H35N7O2/c1-3-35-23-6-4-21(5-7-23)26-28-24(31-12-8-20(17-34)9-13-31)16-25(29-26)32-14-10-22(11-15-32)33-18-27-30-19(33)2/h4-7,16,18,20,22,34H,3,8-15,17H2,1-2H3. The fourth-order valence-corrected chi connectivity index (χ4v) is 5.12. The summed E-state index contributed by atoms with van der Waals surface area (Å²) in [5.74, 6) is 4.89. The van der Waals surface area contributed by atoms with Crippen LogP contribution in [0.1, 0.15) is 44.5 Å². The summed E-state index contributed by atoms with van der Waals surface area (Å²) in [4.78, 5) is 14.7. The van der Waals surface area contributed by atoms with Crippen LogP contribution in [0.4, 0.5) is 11.6 Å². The molecule has 1 N–H and O–H groups in total. The van der Waals surface area contributed by atoms with E-state index in [1.54, 1.807) is 0 Å². The summed E-state index contributed by atoms with van der Waals surface area (Å²) in [6.45, 7) is 8.56. The molecule has 3 aromatic rings. The zero-order chi connectivity index (χ0) is 24.2. The predicted octanol–water partition coefficient (Wildman–Crippen LogP) is 3.49. The van der Waals surface area contributed by atoms with Crippen molar-refractivity contribution in [2.45, 2.75) is 45.6 Å². The second-order valence-electron chi connectivity index (χ2n) is 9.48. The van der Waals surface area contributed by atoms with E-state index in [2.05, 4.69) is 30.6 Å². The molecule has 0 atom stereocenters. The highest BCUT2D eigenvalue weighted by molar-refractivity contribution is 5.63. The molecule has 9 nitrogen and oxygen atoms in total. The molecular formula is C26H35N7O2. The van der Waals surface area contributed by atoms with Gasteiger partial charge in [0.1, 0.15) is 29.5 Å². The molecular weight excluding hydrogens is 442 g/mol. The van der Waals surface area contributed by atoms with Crippen molar-refractivity contribution in [3.8, 4) is 17.1 Å². The number of hydrogen-bond acceptors (Lipinski definition) is 8. The third-order valence-electron chi connectivity index (χ3n) is 7.25. The molecule has 9 heteroatoms. The van der Waals surface area contributed by atoms with Crippen molar-refractivity contribution >= 4 is 11.6 Å². The summed E-state index contributed by atoms with van der Waals surface area (Å²) >= 11 is 0. The zero-order valence-electron chi connectivity index (χ0n) is 20.7. The summed E-state index contributed by atoms with van der Waals surface area (Å²) in [7, 11) is 0. The maximum Gasteiger partial charge on any atom is 0.163 e. The maximum atomic E-state index is 9.55. The number of aliphatic hydroxyl groups excluding tert-OH is 1. The van der Waals surface area contributed by atoms with Crippen LogP contribution in [-0.4, -0.2) is 69.2 Å². The van der Waals surface area contributed by atoms with E-state index in [9.17, 15) is 5.11 Å². The molecule has 2 aliphatic heterocycles. The second-order valence-corrected chi connectivity index (χ2v) is 9.48. The Bertz CT molecular complexity index is 1100. The lowest BCUT2D eigenvalue weighted by molar-refractivity contribution is 0.203. The molecule has 0 saturated carbocycles. The summed E-state index contributed by atoms with van der Waals surface area (Å²) in [6, 6.07) is 10.6. The molecule has 0 unspecified atom stereocenters. The van der Waals surface area contributed by atoms with Crippen molar-refractivity contribution in [1.29, 1.82) is 0 Å². The number of anilines is 2. The van der Waals surface area contributed by atoms with Crippen molar-refractivity contribution < 1.29 is 9.84 Å². The molecule has 0 radical (unpaired) electrons. The normalized spacial score (nSPS) is 17.7. The lowest BCUT2D eigenvalue weighted by Crippen LogP contribution is -2.37. The third-order valence-corrected chi connectivity index (χ3v) is 7.25. The number of benzene rings is 1. The molecule has 2 aromatic heterocycles. The van der Waals surface area contributed by atoms with Crippen LogP contribution in [0.3, 0.4) is 0 Å². The first-order chi connectivity index (χ1) is 17.1. The first kappa shape index (κ1) is 23.5. The van der Waals surface area contributed by atoms with E-state index in [4.69, 9.17) is 14.7 Å². The molecule has 186 valence electrons. The highest BCUT2D eigenvalue weighted by Gasteiger charge is 2.25. The lowest BCUT2D eigenvalue weighted by atomic mass is 9.98. The number of aliphatic hydroxyl groups is 1. The van der Waals surface area contributed by atoms with Gasteiger partial charge >= 0.3 is 0 Å². The van der Waals surface area contributed by atoms with E-state index in [0.29, 0.717) is 18.6 Å². The monoisotopic (exact) mass is 477 g/mol. The molecule has 5 rings (SSSR count). The van der Waals surface area contributed by atoms with E-state index in [1.165, 1.54) is 0 Å². The van der Waals surface area contributed by atoms with E-state index in [1.807, 2.05) is 44.4 Å². The lowest BCUT2D eigenvalue weighted by Gasteiger charge is -2.35. The van der Waals surface area contributed by atoms with Crippen molar-refractivity contribution in [2.24, 2.45) is 5.92 Å². The van der Waals surface area contributed by atoms with Gasteiger partial charge in [-0.15, -0.1) is 10.2 Å². The Kier molecular flexibility index (Phi) is 7.13. The van der Waals surface area contributed by atoms with E-state index < -0.39 is 0 Å². The van der Waals surface area contributed by atoms with Crippen LogP contribution < -0.4 is 14.5 Å². The second kappa shape index (κ2) is 10.6. The van der Waals surface area contributed by atoms with Gasteiger partial charge in [-0.1, -0.05) is 0 Å². The highest BCUT2D eigenvalue weighted by Crippen LogP contribution is 2.31. The minimum absolute atomic E-state index is 0.265. The summed E-state index contributed by atoms with van der Waals surface area (Å²) in [6.07, 6.45) is 5.87. The minimum Gasteiger partial charge on any atom is -0.494 e. The van der Waals surface area contributed by atoms with Gasteiger partial charge in [-0.2, -0.15) is 0 Å². The van der Waals surface area contributed by atoms with Gasteiger partial charge in [0.25, 0.3) is 0 Å². The summed E-state index contributed by atoms with van der Waals surface area (Å²) in [5.41, 5.74) is 0.983. The van der Waals surface area contributed by atoms with Crippen LogP contribution in [0, 0.1) is 12.8 Å². The Hall–Kier alpha value is -3.20. The van der Waals surface area contributed by atoms with Crippen molar-refractivity contribution in [3.63, 3.8) is 0 Å². The Morgan fingerprint density at radius 3 is 2.11 bits per heavy atom. The Morgan fingerprint density at radius 1 is 0.943 bits per heavy atom. The van der Waals surface area contributed by atoms with E-state index >= 15 is 0 Å². The molecule has 2 aliphatic rings. The highest BCUT2D eigenvalue weighted by atomic mass is 16.5. The molecule has 0 amide bonds. The van der Waals surface area contributed by atoms with Crippen LogP contribution in [0.25, 0.3) is 11.4 Å². The molecule has 0 bridgehead atoms. The molecule has 0 spiro atoms. The number of hydrogen-bond donors (Lipinski definition) is 1. The quantitative estimate of drug-likeness (QED) is 0.553. The van der Waals surface area contributed by atoms with Gasteiger partial charge in [0.05, 0.1) is 6.61 Å². The van der Waals surface area contributed by atoms with Gasteiger partial charge in [0, 0.05) is 50.5 Å². The molecule has 4 heterocycles. The average Bonchev–Trinajstić information content (AvgIpc) is 3.35. The number of nitrogens with zero attached hydrogens (tertiary/aromatic N) is 7. The van der Waals surface area contributed by atoms with Gasteiger partial charge in [-0.3, -0.25) is 0 Å². The summed E-state index contributed by atoms with van der Waals surface area (Å²) < 4.78 is 7.81. The maximum absolute atomic E-state index is 9.55. The van der Waals surface area contributed by atoms with Crippen molar-refractivity contribution in [3.05, 3.63) is 42.5 Å². The zero-order valence-corrected chi connectivity index (χ0v) is 20.7. The third kappa shape index (κ3) is 5.24. The Balaban J connectivity index is 1.40. The van der Waals surface area contributed by atoms with Gasteiger partial charge in [0.2, 0.25) is 0 Å². The van der Waals surface area contributed by atoms with Crippen LogP contribution in [-0.2, 0) is 0 Å².